The summed E-state index contributed by atoms with van der Waals surface area (Å²) in [5.74, 6) is 1.64. The molecule has 3 heteroatoms. The summed E-state index contributed by atoms with van der Waals surface area (Å²) in [5, 5.41) is 12.7. The second-order valence-electron chi connectivity index (χ2n) is 4.41. The molecule has 1 aliphatic heterocycles. The fourth-order valence-electron chi connectivity index (χ4n) is 2.47. The third-order valence-corrected chi connectivity index (χ3v) is 3.37. The van der Waals surface area contributed by atoms with Crippen molar-refractivity contribution in [3.63, 3.8) is 0 Å². The minimum absolute atomic E-state index is 0.324. The first-order chi connectivity index (χ1) is 6.90. The summed E-state index contributed by atoms with van der Waals surface area (Å²) in [6, 6.07) is 0.483. The molecule has 2 atom stereocenters. The number of amidine groups is 1. The average molecular weight is 196 g/mol. The zero-order valence-corrected chi connectivity index (χ0v) is 8.71. The number of aliphatic imine (C=N–C) groups is 1. The minimum atomic E-state index is 0.324. The molecule has 0 spiro atoms. The van der Waals surface area contributed by atoms with Gasteiger partial charge in [0.25, 0.3) is 0 Å². The van der Waals surface area contributed by atoms with Gasteiger partial charge in [-0.25, -0.2) is 0 Å². The number of aliphatic hydroxyl groups is 1. The highest BCUT2D eigenvalue weighted by atomic mass is 16.3. The summed E-state index contributed by atoms with van der Waals surface area (Å²) in [5.41, 5.74) is 0. The largest absolute Gasteiger partial charge is 0.396 e. The first-order valence-corrected chi connectivity index (χ1v) is 5.81. The average Bonchev–Trinajstić information content (AvgIpc) is 2.67. The lowest BCUT2D eigenvalue weighted by molar-refractivity contribution is 0.212. The molecule has 2 rings (SSSR count). The molecule has 0 aromatic carbocycles. The predicted molar refractivity (Wildman–Crippen MR) is 57.5 cm³/mol. The monoisotopic (exact) mass is 196 g/mol. The Bertz CT molecular complexity index is 215. The summed E-state index contributed by atoms with van der Waals surface area (Å²) in [4.78, 5) is 4.49. The van der Waals surface area contributed by atoms with Crippen molar-refractivity contribution >= 4 is 5.84 Å². The van der Waals surface area contributed by atoms with Crippen LogP contribution in [-0.2, 0) is 0 Å². The summed E-state index contributed by atoms with van der Waals surface area (Å²) in [6.45, 7) is 1.31. The molecule has 3 nitrogen and oxygen atoms in total. The fraction of sp³-hybridized carbons (Fsp3) is 0.909. The fourth-order valence-corrected chi connectivity index (χ4v) is 2.47. The molecule has 14 heavy (non-hydrogen) atoms. The third-order valence-electron chi connectivity index (χ3n) is 3.37. The maximum Gasteiger partial charge on any atom is 0.0965 e. The van der Waals surface area contributed by atoms with Crippen LogP contribution in [0.1, 0.15) is 38.5 Å². The summed E-state index contributed by atoms with van der Waals surface area (Å²) in [6.07, 6.45) is 7.22. The standard InChI is InChI=1S/C11H20N2O/c14-8-9-4-3-5-10(9)13-11-6-1-2-7-12-11/h9-10,14H,1-8H2,(H,12,13). The van der Waals surface area contributed by atoms with E-state index < -0.39 is 0 Å². The van der Waals surface area contributed by atoms with Gasteiger partial charge in [0, 0.05) is 31.5 Å². The second kappa shape index (κ2) is 4.78. The van der Waals surface area contributed by atoms with Crippen LogP contribution in [0.15, 0.2) is 4.99 Å². The maximum absolute atomic E-state index is 9.19. The van der Waals surface area contributed by atoms with E-state index in [1.165, 1.54) is 37.9 Å². The lowest BCUT2D eigenvalue weighted by Crippen LogP contribution is -2.39. The Labute approximate surface area is 85.6 Å². The van der Waals surface area contributed by atoms with Crippen LogP contribution >= 0.6 is 0 Å². The van der Waals surface area contributed by atoms with Gasteiger partial charge in [-0.2, -0.15) is 0 Å². The van der Waals surface area contributed by atoms with E-state index in [2.05, 4.69) is 10.3 Å². The van der Waals surface area contributed by atoms with Gasteiger partial charge in [0.1, 0.15) is 0 Å². The molecule has 2 N–H and O–H groups in total. The van der Waals surface area contributed by atoms with E-state index in [0.717, 1.165) is 13.0 Å². The molecule has 2 aliphatic rings. The SMILES string of the molecule is OCC1CCCC1NC1=NCCCC1. The van der Waals surface area contributed by atoms with Crippen LogP contribution in [0, 0.1) is 5.92 Å². The Kier molecular flexibility index (Phi) is 3.40. The number of hydrogen-bond donors (Lipinski definition) is 2. The molecule has 0 amide bonds. The minimum Gasteiger partial charge on any atom is -0.396 e. The molecule has 1 saturated carbocycles. The van der Waals surface area contributed by atoms with E-state index in [0.29, 0.717) is 18.6 Å². The van der Waals surface area contributed by atoms with E-state index in [1.54, 1.807) is 0 Å². The summed E-state index contributed by atoms with van der Waals surface area (Å²) in [7, 11) is 0. The van der Waals surface area contributed by atoms with Gasteiger partial charge in [-0.1, -0.05) is 6.42 Å². The molecular weight excluding hydrogens is 176 g/mol. The molecule has 80 valence electrons. The Morgan fingerprint density at radius 1 is 1.29 bits per heavy atom. The first-order valence-electron chi connectivity index (χ1n) is 5.81. The molecule has 0 aromatic rings. The quantitative estimate of drug-likeness (QED) is 0.699. The number of hydrogen-bond acceptors (Lipinski definition) is 3. The predicted octanol–water partition coefficient (Wildman–Crippen LogP) is 1.32. The van der Waals surface area contributed by atoms with Crippen molar-refractivity contribution in [1.82, 2.24) is 5.32 Å². The highest BCUT2D eigenvalue weighted by molar-refractivity contribution is 5.82. The van der Waals surface area contributed by atoms with Gasteiger partial charge < -0.3 is 10.4 Å². The Hall–Kier alpha value is -0.570. The highest BCUT2D eigenvalue weighted by Gasteiger charge is 2.27. The van der Waals surface area contributed by atoms with Crippen molar-refractivity contribution in [2.75, 3.05) is 13.2 Å². The van der Waals surface area contributed by atoms with Crippen molar-refractivity contribution in [2.45, 2.75) is 44.6 Å². The lowest BCUT2D eigenvalue weighted by atomic mass is 10.0. The van der Waals surface area contributed by atoms with Gasteiger partial charge in [-0.15, -0.1) is 0 Å². The van der Waals surface area contributed by atoms with E-state index >= 15 is 0 Å². The Balaban J connectivity index is 1.86. The molecular formula is C11H20N2O. The zero-order valence-electron chi connectivity index (χ0n) is 8.71. The number of nitrogens with zero attached hydrogens (tertiary/aromatic N) is 1. The Morgan fingerprint density at radius 3 is 2.93 bits per heavy atom. The molecule has 1 aliphatic carbocycles. The molecule has 0 bridgehead atoms. The van der Waals surface area contributed by atoms with Crippen LogP contribution in [0.5, 0.6) is 0 Å². The van der Waals surface area contributed by atoms with Gasteiger partial charge in [0.15, 0.2) is 0 Å². The van der Waals surface area contributed by atoms with Gasteiger partial charge in [-0.05, 0) is 25.7 Å². The second-order valence-corrected chi connectivity index (χ2v) is 4.41. The Morgan fingerprint density at radius 2 is 2.21 bits per heavy atom. The van der Waals surface area contributed by atoms with Gasteiger partial charge in [0.05, 0.1) is 5.84 Å². The van der Waals surface area contributed by atoms with Crippen molar-refractivity contribution in [2.24, 2.45) is 10.9 Å². The van der Waals surface area contributed by atoms with Crippen molar-refractivity contribution < 1.29 is 5.11 Å². The van der Waals surface area contributed by atoms with Crippen LogP contribution in [0.4, 0.5) is 0 Å². The highest BCUT2D eigenvalue weighted by Crippen LogP contribution is 2.25. The van der Waals surface area contributed by atoms with Crippen LogP contribution in [-0.4, -0.2) is 30.1 Å². The van der Waals surface area contributed by atoms with E-state index in [4.69, 9.17) is 0 Å². The number of aliphatic hydroxyl groups excluding tert-OH is 1. The lowest BCUT2D eigenvalue weighted by Gasteiger charge is -2.23. The molecule has 0 aromatic heterocycles. The molecule has 0 radical (unpaired) electrons. The molecule has 0 saturated heterocycles. The summed E-state index contributed by atoms with van der Waals surface area (Å²) < 4.78 is 0. The number of rotatable bonds is 2. The van der Waals surface area contributed by atoms with E-state index in [9.17, 15) is 5.11 Å². The topological polar surface area (TPSA) is 44.6 Å². The normalized spacial score (nSPS) is 32.8. The van der Waals surface area contributed by atoms with E-state index in [-0.39, 0.29) is 0 Å². The molecule has 1 heterocycles. The number of nitrogens with one attached hydrogen (secondary N) is 1. The zero-order chi connectivity index (χ0) is 9.80. The van der Waals surface area contributed by atoms with Crippen LogP contribution in [0.25, 0.3) is 0 Å². The van der Waals surface area contributed by atoms with Gasteiger partial charge in [0.2, 0.25) is 0 Å². The smallest absolute Gasteiger partial charge is 0.0965 e. The third kappa shape index (κ3) is 2.27. The maximum atomic E-state index is 9.19. The van der Waals surface area contributed by atoms with Crippen LogP contribution in [0.2, 0.25) is 0 Å². The van der Waals surface area contributed by atoms with Gasteiger partial charge in [-0.3, -0.25) is 4.99 Å². The van der Waals surface area contributed by atoms with E-state index in [1.807, 2.05) is 0 Å². The van der Waals surface area contributed by atoms with Crippen molar-refractivity contribution in [1.29, 1.82) is 0 Å². The van der Waals surface area contributed by atoms with Crippen LogP contribution < -0.4 is 5.32 Å². The van der Waals surface area contributed by atoms with Gasteiger partial charge >= 0.3 is 0 Å². The van der Waals surface area contributed by atoms with Crippen LogP contribution in [0.3, 0.4) is 0 Å². The molecule has 1 fully saturated rings. The first kappa shape index (κ1) is 9.97. The molecule has 2 unspecified atom stereocenters. The van der Waals surface area contributed by atoms with Crippen molar-refractivity contribution in [3.05, 3.63) is 0 Å². The van der Waals surface area contributed by atoms with Crippen molar-refractivity contribution in [3.8, 4) is 0 Å². The summed E-state index contributed by atoms with van der Waals surface area (Å²) >= 11 is 0.